The second kappa shape index (κ2) is 3.27. The summed E-state index contributed by atoms with van der Waals surface area (Å²) in [6, 6.07) is 4.04. The normalized spacial score (nSPS) is 10.2. The third-order valence-electron chi connectivity index (χ3n) is 2.17. The highest BCUT2D eigenvalue weighted by molar-refractivity contribution is 6.31. The standard InChI is InChI=1S/C10H13Cl/c1-4-9-8(3)7(2)5-6-10(9)11/h5-6H,4H2,1-3H3. The Morgan fingerprint density at radius 1 is 1.27 bits per heavy atom. The van der Waals surface area contributed by atoms with Gasteiger partial charge in [-0.3, -0.25) is 0 Å². The molecule has 11 heavy (non-hydrogen) atoms. The number of rotatable bonds is 1. The zero-order valence-corrected chi connectivity index (χ0v) is 8.00. The van der Waals surface area contributed by atoms with Gasteiger partial charge in [-0.1, -0.05) is 24.6 Å². The van der Waals surface area contributed by atoms with Gasteiger partial charge in [0.05, 0.1) is 0 Å². The van der Waals surface area contributed by atoms with Crippen LogP contribution in [0.1, 0.15) is 23.6 Å². The molecule has 0 heterocycles. The van der Waals surface area contributed by atoms with Crippen molar-refractivity contribution in [3.63, 3.8) is 0 Å². The fourth-order valence-electron chi connectivity index (χ4n) is 1.27. The van der Waals surface area contributed by atoms with Gasteiger partial charge in [0.2, 0.25) is 0 Å². The molecule has 0 radical (unpaired) electrons. The van der Waals surface area contributed by atoms with Gasteiger partial charge in [0, 0.05) is 5.02 Å². The maximum absolute atomic E-state index is 6.00. The number of hydrogen-bond acceptors (Lipinski definition) is 0. The first-order chi connectivity index (χ1) is 5.16. The molecule has 1 rings (SSSR count). The minimum absolute atomic E-state index is 0.899. The Morgan fingerprint density at radius 3 is 2.36 bits per heavy atom. The molecule has 1 aromatic rings. The van der Waals surface area contributed by atoms with Gasteiger partial charge in [0.25, 0.3) is 0 Å². The molecule has 0 atom stereocenters. The highest BCUT2D eigenvalue weighted by atomic mass is 35.5. The van der Waals surface area contributed by atoms with Crippen LogP contribution in [0.5, 0.6) is 0 Å². The van der Waals surface area contributed by atoms with Crippen molar-refractivity contribution in [2.24, 2.45) is 0 Å². The predicted octanol–water partition coefficient (Wildman–Crippen LogP) is 3.52. The molecule has 0 nitrogen and oxygen atoms in total. The van der Waals surface area contributed by atoms with Crippen molar-refractivity contribution >= 4 is 11.6 Å². The van der Waals surface area contributed by atoms with Crippen molar-refractivity contribution in [3.05, 3.63) is 33.8 Å². The molecule has 1 heteroatoms. The van der Waals surface area contributed by atoms with E-state index in [-0.39, 0.29) is 0 Å². The van der Waals surface area contributed by atoms with E-state index in [1.165, 1.54) is 16.7 Å². The SMILES string of the molecule is CCc1c(Cl)ccc(C)c1C. The molecule has 0 fully saturated rings. The van der Waals surface area contributed by atoms with Crippen molar-refractivity contribution in [3.8, 4) is 0 Å². The lowest BCUT2D eigenvalue weighted by atomic mass is 10.0. The van der Waals surface area contributed by atoms with Crippen LogP contribution in [0.2, 0.25) is 5.02 Å². The molecule has 0 spiro atoms. The minimum atomic E-state index is 0.899. The molecule has 0 bridgehead atoms. The highest BCUT2D eigenvalue weighted by Gasteiger charge is 2.02. The molecule has 0 saturated heterocycles. The monoisotopic (exact) mass is 168 g/mol. The molecule has 0 aliphatic rings. The lowest BCUT2D eigenvalue weighted by molar-refractivity contribution is 1.09. The summed E-state index contributed by atoms with van der Waals surface area (Å²) >= 11 is 6.00. The van der Waals surface area contributed by atoms with Crippen molar-refractivity contribution in [2.45, 2.75) is 27.2 Å². The molecule has 0 saturated carbocycles. The predicted molar refractivity (Wildman–Crippen MR) is 50.3 cm³/mol. The lowest BCUT2D eigenvalue weighted by Crippen LogP contribution is -1.90. The maximum atomic E-state index is 6.00. The van der Waals surface area contributed by atoms with Gasteiger partial charge in [-0.25, -0.2) is 0 Å². The molecule has 0 amide bonds. The first-order valence-corrected chi connectivity index (χ1v) is 4.29. The number of halogens is 1. The van der Waals surface area contributed by atoms with Gasteiger partial charge in [0.15, 0.2) is 0 Å². The first kappa shape index (κ1) is 8.61. The van der Waals surface area contributed by atoms with E-state index in [9.17, 15) is 0 Å². The van der Waals surface area contributed by atoms with E-state index in [2.05, 4.69) is 26.8 Å². The van der Waals surface area contributed by atoms with Gasteiger partial charge in [-0.15, -0.1) is 0 Å². The van der Waals surface area contributed by atoms with Crippen LogP contribution in [0.15, 0.2) is 12.1 Å². The van der Waals surface area contributed by atoms with Crippen molar-refractivity contribution < 1.29 is 0 Å². The van der Waals surface area contributed by atoms with E-state index in [1.54, 1.807) is 0 Å². The molecule has 0 aliphatic heterocycles. The van der Waals surface area contributed by atoms with Crippen LogP contribution in [0.25, 0.3) is 0 Å². The van der Waals surface area contributed by atoms with Crippen LogP contribution in [0.4, 0.5) is 0 Å². The van der Waals surface area contributed by atoms with E-state index in [0.29, 0.717) is 0 Å². The zero-order valence-electron chi connectivity index (χ0n) is 7.24. The molecule has 0 unspecified atom stereocenters. The summed E-state index contributed by atoms with van der Waals surface area (Å²) in [6.07, 6.45) is 1.02. The fraction of sp³-hybridized carbons (Fsp3) is 0.400. The van der Waals surface area contributed by atoms with E-state index in [0.717, 1.165) is 11.4 Å². The number of aryl methyl sites for hydroxylation is 1. The van der Waals surface area contributed by atoms with Gasteiger partial charge in [-0.05, 0) is 43.0 Å². The first-order valence-electron chi connectivity index (χ1n) is 3.91. The summed E-state index contributed by atoms with van der Waals surface area (Å²) in [6.45, 7) is 6.37. The van der Waals surface area contributed by atoms with E-state index in [1.807, 2.05) is 6.07 Å². The van der Waals surface area contributed by atoms with Crippen LogP contribution in [0, 0.1) is 13.8 Å². The average Bonchev–Trinajstić information content (AvgIpc) is 1.99. The van der Waals surface area contributed by atoms with Crippen LogP contribution in [-0.4, -0.2) is 0 Å². The van der Waals surface area contributed by atoms with Crippen LogP contribution in [0.3, 0.4) is 0 Å². The summed E-state index contributed by atoms with van der Waals surface area (Å²) in [4.78, 5) is 0. The minimum Gasteiger partial charge on any atom is -0.0840 e. The maximum Gasteiger partial charge on any atom is 0.0440 e. The zero-order chi connectivity index (χ0) is 8.43. The number of hydrogen-bond donors (Lipinski definition) is 0. The Kier molecular flexibility index (Phi) is 2.56. The van der Waals surface area contributed by atoms with Gasteiger partial charge < -0.3 is 0 Å². The average molecular weight is 169 g/mol. The van der Waals surface area contributed by atoms with Gasteiger partial charge in [0.1, 0.15) is 0 Å². The Labute approximate surface area is 73.2 Å². The molecule has 0 N–H and O–H groups in total. The van der Waals surface area contributed by atoms with Crippen LogP contribution < -0.4 is 0 Å². The Morgan fingerprint density at radius 2 is 1.91 bits per heavy atom. The molecule has 0 aliphatic carbocycles. The van der Waals surface area contributed by atoms with Gasteiger partial charge in [-0.2, -0.15) is 0 Å². The van der Waals surface area contributed by atoms with Gasteiger partial charge >= 0.3 is 0 Å². The topological polar surface area (TPSA) is 0 Å². The summed E-state index contributed by atoms with van der Waals surface area (Å²) in [5.74, 6) is 0. The van der Waals surface area contributed by atoms with Crippen molar-refractivity contribution in [1.82, 2.24) is 0 Å². The highest BCUT2D eigenvalue weighted by Crippen LogP contribution is 2.22. The largest absolute Gasteiger partial charge is 0.0840 e. The summed E-state index contributed by atoms with van der Waals surface area (Å²) < 4.78 is 0. The molecular weight excluding hydrogens is 156 g/mol. The molecular formula is C10H13Cl. The Hall–Kier alpha value is -0.490. The Balaban J connectivity index is 3.29. The summed E-state index contributed by atoms with van der Waals surface area (Å²) in [5.41, 5.74) is 3.94. The third kappa shape index (κ3) is 1.57. The molecule has 60 valence electrons. The van der Waals surface area contributed by atoms with Crippen molar-refractivity contribution in [2.75, 3.05) is 0 Å². The molecule has 1 aromatic carbocycles. The fourth-order valence-corrected chi connectivity index (χ4v) is 1.61. The number of benzene rings is 1. The van der Waals surface area contributed by atoms with E-state index >= 15 is 0 Å². The lowest BCUT2D eigenvalue weighted by Gasteiger charge is -2.07. The quantitative estimate of drug-likeness (QED) is 0.602. The van der Waals surface area contributed by atoms with E-state index < -0.39 is 0 Å². The second-order valence-electron chi connectivity index (χ2n) is 2.82. The Bertz CT molecular complexity index is 264. The van der Waals surface area contributed by atoms with E-state index in [4.69, 9.17) is 11.6 Å². The molecule has 0 aromatic heterocycles. The van der Waals surface area contributed by atoms with Crippen molar-refractivity contribution in [1.29, 1.82) is 0 Å². The third-order valence-corrected chi connectivity index (χ3v) is 2.52. The summed E-state index contributed by atoms with van der Waals surface area (Å²) in [5, 5.41) is 0.899. The van der Waals surface area contributed by atoms with Crippen LogP contribution in [-0.2, 0) is 6.42 Å². The van der Waals surface area contributed by atoms with Crippen LogP contribution >= 0.6 is 11.6 Å². The second-order valence-corrected chi connectivity index (χ2v) is 3.23. The smallest absolute Gasteiger partial charge is 0.0440 e. The summed E-state index contributed by atoms with van der Waals surface area (Å²) in [7, 11) is 0.